The molecule has 2 saturated carbocycles. The number of hydrogen-bond donors (Lipinski definition) is 0. The molecule has 2 aromatic carbocycles. The second kappa shape index (κ2) is 9.63. The summed E-state index contributed by atoms with van der Waals surface area (Å²) in [6.45, 7) is 7.22. The molecule has 0 saturated heterocycles. The van der Waals surface area contributed by atoms with E-state index < -0.39 is 0 Å². The van der Waals surface area contributed by atoms with Gasteiger partial charge in [0.1, 0.15) is 12.4 Å². The van der Waals surface area contributed by atoms with Gasteiger partial charge in [-0.2, -0.15) is 0 Å². The summed E-state index contributed by atoms with van der Waals surface area (Å²) in [5.74, 6) is 3.40. The van der Waals surface area contributed by atoms with Crippen molar-refractivity contribution in [3.8, 4) is 16.9 Å². The van der Waals surface area contributed by atoms with Crippen LogP contribution in [0.15, 0.2) is 61.2 Å². The third kappa shape index (κ3) is 4.93. The van der Waals surface area contributed by atoms with Crippen molar-refractivity contribution < 1.29 is 9.47 Å². The molecule has 154 valence electrons. The molecule has 0 spiro atoms. The van der Waals surface area contributed by atoms with E-state index in [9.17, 15) is 0 Å². The molecule has 0 heterocycles. The first-order chi connectivity index (χ1) is 14.3. The summed E-state index contributed by atoms with van der Waals surface area (Å²) in [5.41, 5.74) is 4.03. The van der Waals surface area contributed by atoms with Crippen LogP contribution in [0.3, 0.4) is 0 Å². The van der Waals surface area contributed by atoms with Crippen molar-refractivity contribution in [2.24, 2.45) is 11.8 Å². The highest BCUT2D eigenvalue weighted by atomic mass is 16.5. The van der Waals surface area contributed by atoms with Gasteiger partial charge in [0.2, 0.25) is 0 Å². The van der Waals surface area contributed by atoms with E-state index in [1.807, 2.05) is 12.1 Å². The van der Waals surface area contributed by atoms with Crippen molar-refractivity contribution in [1.29, 1.82) is 0 Å². The normalized spacial score (nSPS) is 26.5. The topological polar surface area (TPSA) is 18.5 Å². The summed E-state index contributed by atoms with van der Waals surface area (Å²) < 4.78 is 11.5. The van der Waals surface area contributed by atoms with Crippen molar-refractivity contribution >= 4 is 0 Å². The molecule has 2 nitrogen and oxygen atoms in total. The molecule has 0 radical (unpaired) electrons. The Bertz CT molecular complexity index is 777. The van der Waals surface area contributed by atoms with Gasteiger partial charge in [0.05, 0.1) is 6.10 Å². The first-order valence-corrected chi connectivity index (χ1v) is 11.3. The largest absolute Gasteiger partial charge is 0.490 e. The Morgan fingerprint density at radius 3 is 2.21 bits per heavy atom. The fraction of sp³-hybridized carbons (Fsp3) is 0.481. The van der Waals surface area contributed by atoms with Gasteiger partial charge >= 0.3 is 0 Å². The van der Waals surface area contributed by atoms with Gasteiger partial charge in [0.15, 0.2) is 0 Å². The molecule has 4 atom stereocenters. The van der Waals surface area contributed by atoms with Crippen molar-refractivity contribution in [1.82, 2.24) is 0 Å². The van der Waals surface area contributed by atoms with Crippen molar-refractivity contribution in [3.05, 3.63) is 66.7 Å². The van der Waals surface area contributed by atoms with Crippen LogP contribution in [-0.4, -0.2) is 19.3 Å². The van der Waals surface area contributed by atoms with E-state index in [4.69, 9.17) is 9.47 Å². The molecule has 0 aliphatic heterocycles. The monoisotopic (exact) mass is 390 g/mol. The average molecular weight is 391 g/mol. The fourth-order valence-electron chi connectivity index (χ4n) is 5.38. The van der Waals surface area contributed by atoms with E-state index in [-0.39, 0.29) is 0 Å². The molecule has 0 N–H and O–H groups in total. The van der Waals surface area contributed by atoms with Crippen molar-refractivity contribution in [3.63, 3.8) is 0 Å². The number of fused-ring (bicyclic) bond motifs is 1. The van der Waals surface area contributed by atoms with Gasteiger partial charge in [0.25, 0.3) is 0 Å². The molecule has 4 unspecified atom stereocenters. The second-order valence-corrected chi connectivity index (χ2v) is 8.67. The van der Waals surface area contributed by atoms with Crippen molar-refractivity contribution in [2.75, 3.05) is 13.2 Å². The molecule has 4 rings (SSSR count). The molecule has 2 aliphatic carbocycles. The summed E-state index contributed by atoms with van der Waals surface area (Å²) in [7, 11) is 0. The maximum absolute atomic E-state index is 5.91. The van der Waals surface area contributed by atoms with Gasteiger partial charge in [0, 0.05) is 6.61 Å². The molecule has 2 fully saturated rings. The highest BCUT2D eigenvalue weighted by Gasteiger charge is 2.36. The summed E-state index contributed by atoms with van der Waals surface area (Å²) in [5, 5.41) is 0. The van der Waals surface area contributed by atoms with Crippen LogP contribution in [0.4, 0.5) is 0 Å². The number of rotatable bonds is 7. The molecule has 0 aromatic heterocycles. The third-order valence-corrected chi connectivity index (χ3v) is 6.90. The maximum Gasteiger partial charge on any atom is 0.119 e. The molecule has 2 aromatic rings. The minimum absolute atomic E-state index is 0.519. The highest BCUT2D eigenvalue weighted by Crippen LogP contribution is 2.46. The van der Waals surface area contributed by atoms with Crippen LogP contribution >= 0.6 is 0 Å². The van der Waals surface area contributed by atoms with Crippen LogP contribution in [-0.2, 0) is 4.74 Å². The van der Waals surface area contributed by atoms with Gasteiger partial charge in [-0.3, -0.25) is 0 Å². The summed E-state index contributed by atoms with van der Waals surface area (Å²) in [6, 6.07) is 17.6. The summed E-state index contributed by atoms with van der Waals surface area (Å²) >= 11 is 0. The van der Waals surface area contributed by atoms with Crippen LogP contribution in [0, 0.1) is 11.8 Å². The van der Waals surface area contributed by atoms with Gasteiger partial charge in [-0.05, 0) is 92.0 Å². The second-order valence-electron chi connectivity index (χ2n) is 8.67. The van der Waals surface area contributed by atoms with Crippen molar-refractivity contribution in [2.45, 2.75) is 57.5 Å². The predicted octanol–water partition coefficient (Wildman–Crippen LogP) is 7.01. The fourth-order valence-corrected chi connectivity index (χ4v) is 5.38. The molecule has 0 bridgehead atoms. The van der Waals surface area contributed by atoms with Gasteiger partial charge in [-0.1, -0.05) is 49.1 Å². The molecule has 0 amide bonds. The molecule has 29 heavy (non-hydrogen) atoms. The smallest absolute Gasteiger partial charge is 0.119 e. The molecule has 2 heteroatoms. The van der Waals surface area contributed by atoms with Gasteiger partial charge in [-0.25, -0.2) is 0 Å². The SMILES string of the molecule is C=CCOc1ccc(-c2ccc(C3CCC4CC(OCC)CCC4C3)cc2)cc1. The summed E-state index contributed by atoms with van der Waals surface area (Å²) in [4.78, 5) is 0. The lowest BCUT2D eigenvalue weighted by molar-refractivity contribution is -0.00955. The Hall–Kier alpha value is -2.06. The van der Waals surface area contributed by atoms with E-state index in [0.717, 1.165) is 30.1 Å². The first-order valence-electron chi connectivity index (χ1n) is 11.3. The zero-order valence-corrected chi connectivity index (χ0v) is 17.7. The van der Waals surface area contributed by atoms with Crippen LogP contribution < -0.4 is 4.74 Å². The quantitative estimate of drug-likeness (QED) is 0.474. The van der Waals surface area contributed by atoms with E-state index in [2.05, 4.69) is 49.9 Å². The van der Waals surface area contributed by atoms with Crippen LogP contribution in [0.25, 0.3) is 11.1 Å². The van der Waals surface area contributed by atoms with Gasteiger partial charge in [-0.15, -0.1) is 0 Å². The van der Waals surface area contributed by atoms with E-state index in [0.29, 0.717) is 12.7 Å². The lowest BCUT2D eigenvalue weighted by Gasteiger charge is -2.42. The molecular weight excluding hydrogens is 356 g/mol. The third-order valence-electron chi connectivity index (χ3n) is 6.90. The van der Waals surface area contributed by atoms with Gasteiger partial charge < -0.3 is 9.47 Å². The van der Waals surface area contributed by atoms with E-state index in [1.54, 1.807) is 6.08 Å². The number of ether oxygens (including phenoxy) is 2. The molecular formula is C27H34O2. The minimum atomic E-state index is 0.519. The lowest BCUT2D eigenvalue weighted by Crippen LogP contribution is -2.33. The average Bonchev–Trinajstić information content (AvgIpc) is 2.78. The van der Waals surface area contributed by atoms with E-state index >= 15 is 0 Å². The first kappa shape index (κ1) is 20.2. The van der Waals surface area contributed by atoms with Crippen LogP contribution in [0.2, 0.25) is 0 Å². The number of benzene rings is 2. The van der Waals surface area contributed by atoms with Crippen LogP contribution in [0.5, 0.6) is 5.75 Å². The Balaban J connectivity index is 1.37. The highest BCUT2D eigenvalue weighted by molar-refractivity contribution is 5.64. The predicted molar refractivity (Wildman–Crippen MR) is 120 cm³/mol. The minimum Gasteiger partial charge on any atom is -0.490 e. The summed E-state index contributed by atoms with van der Waals surface area (Å²) in [6.07, 6.45) is 10.2. The number of hydrogen-bond acceptors (Lipinski definition) is 2. The zero-order chi connectivity index (χ0) is 20.1. The zero-order valence-electron chi connectivity index (χ0n) is 17.7. The Morgan fingerprint density at radius 2 is 1.52 bits per heavy atom. The maximum atomic E-state index is 5.91. The van der Waals surface area contributed by atoms with Crippen LogP contribution in [0.1, 0.15) is 56.9 Å². The molecule has 2 aliphatic rings. The Kier molecular flexibility index (Phi) is 6.71. The standard InChI is InChI=1S/C27H34O2/c1-3-17-29-26-14-11-21(12-15-26)20-5-7-22(8-6-20)23-9-10-25-19-27(28-4-2)16-13-24(25)18-23/h3,5-8,11-12,14-15,23-25,27H,1,4,9-10,13,16-19H2,2H3. The Morgan fingerprint density at radius 1 is 0.862 bits per heavy atom. The Labute approximate surface area is 175 Å². The lowest BCUT2D eigenvalue weighted by atomic mass is 9.65. The van der Waals surface area contributed by atoms with E-state index in [1.165, 1.54) is 55.2 Å².